The van der Waals surface area contributed by atoms with E-state index in [1.807, 2.05) is 0 Å². The first-order valence-corrected chi connectivity index (χ1v) is 15.0. The van der Waals surface area contributed by atoms with E-state index >= 15 is 13.2 Å². The van der Waals surface area contributed by atoms with Gasteiger partial charge in [-0.2, -0.15) is 13.2 Å². The number of hydrogen-bond donors (Lipinski definition) is 2. The van der Waals surface area contributed by atoms with Crippen molar-refractivity contribution in [3.63, 3.8) is 0 Å². The second kappa shape index (κ2) is 14.4. The number of halogens is 3. The van der Waals surface area contributed by atoms with Gasteiger partial charge in [-0.3, -0.25) is 19.3 Å². The third-order valence-corrected chi connectivity index (χ3v) is 8.02. The topological polar surface area (TPSA) is 118 Å². The Morgan fingerprint density at radius 1 is 0.917 bits per heavy atom. The van der Waals surface area contributed by atoms with Gasteiger partial charge in [0, 0.05) is 24.3 Å². The molecule has 256 valence electrons. The molecular formula is C35H38F3N3O7. The minimum absolute atomic E-state index is 0.0938. The molecule has 0 radical (unpaired) electrons. The third-order valence-electron chi connectivity index (χ3n) is 8.02. The van der Waals surface area contributed by atoms with Gasteiger partial charge in [-0.15, -0.1) is 0 Å². The molecule has 1 aliphatic heterocycles. The van der Waals surface area contributed by atoms with Crippen molar-refractivity contribution < 1.29 is 46.9 Å². The fourth-order valence-electron chi connectivity index (χ4n) is 5.81. The number of aliphatic hydroxyl groups is 1. The van der Waals surface area contributed by atoms with E-state index in [9.17, 15) is 19.5 Å². The van der Waals surface area contributed by atoms with E-state index < -0.39 is 54.0 Å². The molecule has 0 saturated heterocycles. The Morgan fingerprint density at radius 2 is 1.46 bits per heavy atom. The second-order valence-electron chi connectivity index (χ2n) is 11.6. The number of hydrogen-bond acceptors (Lipinski definition) is 7. The maximum absolute atomic E-state index is 15.1. The van der Waals surface area contributed by atoms with E-state index in [4.69, 9.17) is 14.2 Å². The number of benzene rings is 3. The Balaban J connectivity index is 2.11. The number of carbonyl (C=O) groups is 3. The fraction of sp³-hybridized carbons (Fsp3) is 0.343. The van der Waals surface area contributed by atoms with E-state index in [1.54, 1.807) is 79.8 Å². The molecule has 4 rings (SSSR count). The molecule has 10 nitrogen and oxygen atoms in total. The van der Waals surface area contributed by atoms with E-state index in [2.05, 4.69) is 0 Å². The molecule has 0 aliphatic carbocycles. The molecule has 3 aromatic carbocycles. The number of nitrogens with one attached hydrogen (secondary N) is 1. The zero-order chi connectivity index (χ0) is 35.4. The summed E-state index contributed by atoms with van der Waals surface area (Å²) < 4.78 is 61.8. The number of carbonyl (C=O) groups excluding carboxylic acids is 3. The normalized spacial score (nSPS) is 16.9. The molecule has 0 saturated carbocycles. The van der Waals surface area contributed by atoms with Gasteiger partial charge in [0.2, 0.25) is 11.7 Å². The monoisotopic (exact) mass is 669 g/mol. The first kappa shape index (κ1) is 35.8. The van der Waals surface area contributed by atoms with Crippen molar-refractivity contribution in [2.45, 2.75) is 51.2 Å². The average Bonchev–Trinajstić information content (AvgIpc) is 3.05. The summed E-state index contributed by atoms with van der Waals surface area (Å²) in [5, 5.41) is 13.3. The van der Waals surface area contributed by atoms with Crippen molar-refractivity contribution in [1.82, 2.24) is 15.1 Å². The zero-order valence-corrected chi connectivity index (χ0v) is 27.4. The summed E-state index contributed by atoms with van der Waals surface area (Å²) in [6.45, 7) is 4.14. The highest BCUT2D eigenvalue weighted by Crippen LogP contribution is 2.45. The highest BCUT2D eigenvalue weighted by molar-refractivity contribution is 6.03. The largest absolute Gasteiger partial charge is 0.493 e. The van der Waals surface area contributed by atoms with Crippen molar-refractivity contribution in [2.24, 2.45) is 5.92 Å². The second-order valence-corrected chi connectivity index (χ2v) is 11.6. The van der Waals surface area contributed by atoms with Gasteiger partial charge in [-0.05, 0) is 42.2 Å². The number of alkyl halides is 3. The van der Waals surface area contributed by atoms with Crippen LogP contribution in [0.15, 0.2) is 79.0 Å². The van der Waals surface area contributed by atoms with Crippen LogP contribution in [0.25, 0.3) is 5.70 Å². The predicted molar refractivity (Wildman–Crippen MR) is 171 cm³/mol. The molecular weight excluding hydrogens is 631 g/mol. The third kappa shape index (κ3) is 6.96. The summed E-state index contributed by atoms with van der Waals surface area (Å²) in [6, 6.07) is 15.4. The molecule has 1 heterocycles. The van der Waals surface area contributed by atoms with Gasteiger partial charge in [0.25, 0.3) is 17.5 Å². The van der Waals surface area contributed by atoms with Crippen LogP contribution in [0, 0.1) is 5.92 Å². The lowest BCUT2D eigenvalue weighted by atomic mass is 9.88. The summed E-state index contributed by atoms with van der Waals surface area (Å²) in [7, 11) is 4.06. The number of rotatable bonds is 11. The number of methoxy groups -OCH3 is 3. The van der Waals surface area contributed by atoms with Crippen molar-refractivity contribution >= 4 is 23.4 Å². The lowest BCUT2D eigenvalue weighted by Gasteiger charge is -2.49. The highest BCUT2D eigenvalue weighted by atomic mass is 19.4. The van der Waals surface area contributed by atoms with Crippen LogP contribution in [0.5, 0.6) is 17.2 Å². The van der Waals surface area contributed by atoms with Gasteiger partial charge >= 0.3 is 6.18 Å². The van der Waals surface area contributed by atoms with Gasteiger partial charge in [-0.25, -0.2) is 0 Å². The fourth-order valence-corrected chi connectivity index (χ4v) is 5.81. The lowest BCUT2D eigenvalue weighted by molar-refractivity contribution is -0.287. The minimum Gasteiger partial charge on any atom is -0.493 e. The maximum Gasteiger partial charge on any atom is 0.438 e. The van der Waals surface area contributed by atoms with Crippen LogP contribution in [-0.4, -0.2) is 77.9 Å². The standard InChI is InChI=1S/C35H38F3N3O7/c1-21(2)30-33(44)41(29(17-23-13-9-7-10-14-23)34(45,35(36,37)38)39-22(3)42)26(20-40(30)32(43)24-15-11-8-12-16-24)25-18-27(46-4)31(48-6)28(19-25)47-5/h7-16,18-21,29-30,45H,17H2,1-6H3,(H,39,42). The van der Waals surface area contributed by atoms with Crippen molar-refractivity contribution in [3.8, 4) is 17.2 Å². The number of ether oxygens (including phenoxy) is 3. The summed E-state index contributed by atoms with van der Waals surface area (Å²) in [4.78, 5) is 43.1. The van der Waals surface area contributed by atoms with E-state index in [1.165, 1.54) is 44.6 Å². The van der Waals surface area contributed by atoms with Crippen LogP contribution in [0.2, 0.25) is 0 Å². The Morgan fingerprint density at radius 3 is 1.92 bits per heavy atom. The Bertz CT molecular complexity index is 1640. The molecule has 0 fully saturated rings. The molecule has 3 amide bonds. The van der Waals surface area contributed by atoms with Gasteiger partial charge in [0.05, 0.1) is 33.1 Å². The van der Waals surface area contributed by atoms with Gasteiger partial charge in [0.1, 0.15) is 6.04 Å². The van der Waals surface area contributed by atoms with Crippen LogP contribution >= 0.6 is 0 Å². The van der Waals surface area contributed by atoms with E-state index in [0.717, 1.165) is 11.8 Å². The summed E-state index contributed by atoms with van der Waals surface area (Å²) in [6.07, 6.45) is -4.74. The molecule has 3 unspecified atom stereocenters. The van der Waals surface area contributed by atoms with Crippen LogP contribution in [-0.2, 0) is 16.0 Å². The highest BCUT2D eigenvalue weighted by Gasteiger charge is 2.63. The van der Waals surface area contributed by atoms with Crippen molar-refractivity contribution in [3.05, 3.63) is 95.7 Å². The van der Waals surface area contributed by atoms with Gasteiger partial charge in [0.15, 0.2) is 11.5 Å². The molecule has 2 N–H and O–H groups in total. The molecule has 0 aromatic heterocycles. The first-order chi connectivity index (χ1) is 22.7. The first-order valence-electron chi connectivity index (χ1n) is 15.0. The number of nitrogens with zero attached hydrogens (tertiary/aromatic N) is 2. The van der Waals surface area contributed by atoms with Gasteiger partial charge in [-0.1, -0.05) is 62.4 Å². The zero-order valence-electron chi connectivity index (χ0n) is 27.4. The predicted octanol–water partition coefficient (Wildman–Crippen LogP) is 5.02. The van der Waals surface area contributed by atoms with E-state index in [0.29, 0.717) is 5.56 Å². The van der Waals surface area contributed by atoms with Crippen molar-refractivity contribution in [1.29, 1.82) is 0 Å². The lowest BCUT2D eigenvalue weighted by Crippen LogP contribution is -2.72. The Kier molecular flexibility index (Phi) is 10.7. The quantitative estimate of drug-likeness (QED) is 0.276. The van der Waals surface area contributed by atoms with Crippen molar-refractivity contribution in [2.75, 3.05) is 21.3 Å². The Labute approximate surface area is 276 Å². The molecule has 0 spiro atoms. The summed E-state index contributed by atoms with van der Waals surface area (Å²) in [5.74, 6) is -2.91. The Hall–Kier alpha value is -5.04. The van der Waals surface area contributed by atoms with E-state index in [-0.39, 0.29) is 34.1 Å². The maximum atomic E-state index is 15.1. The van der Waals surface area contributed by atoms with Crippen LogP contribution in [0.1, 0.15) is 42.3 Å². The van der Waals surface area contributed by atoms with Crippen LogP contribution < -0.4 is 19.5 Å². The molecule has 3 atom stereocenters. The molecule has 48 heavy (non-hydrogen) atoms. The summed E-state index contributed by atoms with van der Waals surface area (Å²) >= 11 is 0. The smallest absolute Gasteiger partial charge is 0.438 e. The molecule has 13 heteroatoms. The number of amides is 3. The molecule has 0 bridgehead atoms. The summed E-state index contributed by atoms with van der Waals surface area (Å²) in [5.41, 5.74) is -3.49. The SMILES string of the molecule is COc1cc(C2=CN(C(=O)c3ccccc3)C(C(C)C)C(=O)N2C(Cc2ccccc2)C(O)(NC(C)=O)C(F)(F)F)cc(OC)c1OC. The molecule has 1 aliphatic rings. The minimum atomic E-state index is -5.47. The molecule has 3 aromatic rings. The average molecular weight is 670 g/mol. The van der Waals surface area contributed by atoms with Crippen LogP contribution in [0.4, 0.5) is 13.2 Å². The van der Waals surface area contributed by atoms with Crippen LogP contribution in [0.3, 0.4) is 0 Å². The van der Waals surface area contributed by atoms with Gasteiger partial charge < -0.3 is 29.5 Å².